The maximum absolute atomic E-state index is 12.8. The second-order valence-electron chi connectivity index (χ2n) is 6.36. The van der Waals surface area contributed by atoms with Crippen molar-refractivity contribution >= 4 is 38.9 Å². The number of hydrogen-bond acceptors (Lipinski definition) is 5. The van der Waals surface area contributed by atoms with E-state index in [0.29, 0.717) is 5.75 Å². The first-order chi connectivity index (χ1) is 14.4. The van der Waals surface area contributed by atoms with Gasteiger partial charge in [0.2, 0.25) is 15.9 Å². The van der Waals surface area contributed by atoms with Crippen LogP contribution in [0.1, 0.15) is 13.3 Å². The van der Waals surface area contributed by atoms with Gasteiger partial charge in [0.15, 0.2) is 0 Å². The van der Waals surface area contributed by atoms with Crippen LogP contribution >= 0.6 is 11.6 Å². The molecule has 2 aromatic rings. The Hall–Kier alpha value is -2.66. The van der Waals surface area contributed by atoms with Gasteiger partial charge in [0.05, 0.1) is 24.1 Å². The highest BCUT2D eigenvalue weighted by Gasteiger charge is 2.33. The Balaban J connectivity index is 2.30. The van der Waals surface area contributed by atoms with Gasteiger partial charge in [-0.2, -0.15) is 0 Å². The summed E-state index contributed by atoms with van der Waals surface area (Å²) < 4.78 is 71.5. The molecule has 0 fully saturated rings. The van der Waals surface area contributed by atoms with Crippen LogP contribution in [-0.2, 0) is 14.8 Å². The predicted molar refractivity (Wildman–Crippen MR) is 111 cm³/mol. The number of methoxy groups -OCH3 is 1. The Bertz CT molecular complexity index is 1030. The third kappa shape index (κ3) is 6.66. The van der Waals surface area contributed by atoms with Gasteiger partial charge in [0, 0.05) is 5.69 Å². The molecule has 31 heavy (non-hydrogen) atoms. The normalized spacial score (nSPS) is 12.7. The fourth-order valence-electron chi connectivity index (χ4n) is 2.82. The molecule has 0 aliphatic carbocycles. The molecule has 0 heterocycles. The number of rotatable bonds is 8. The van der Waals surface area contributed by atoms with Crippen LogP contribution in [0.3, 0.4) is 0 Å². The predicted octanol–water partition coefficient (Wildman–Crippen LogP) is 4.43. The molecule has 7 nitrogen and oxygen atoms in total. The fraction of sp³-hybridized carbons (Fsp3) is 0.316. The number of sulfonamides is 1. The van der Waals surface area contributed by atoms with E-state index in [9.17, 15) is 26.4 Å². The summed E-state index contributed by atoms with van der Waals surface area (Å²) in [6.45, 7) is 1.62. The highest BCUT2D eigenvalue weighted by molar-refractivity contribution is 7.92. The number of anilines is 2. The first kappa shape index (κ1) is 24.6. The minimum Gasteiger partial charge on any atom is -0.495 e. The summed E-state index contributed by atoms with van der Waals surface area (Å²) in [5, 5.41) is 2.66. The summed E-state index contributed by atoms with van der Waals surface area (Å²) in [6, 6.07) is 7.61. The first-order valence-corrected chi connectivity index (χ1v) is 11.1. The fourth-order valence-corrected chi connectivity index (χ4v) is 4.27. The SMILES string of the molecule is CC[C@@H](C(=O)Nc1ccc(OC(F)(F)F)cc1)N(c1ccc(OC)c(Cl)c1)S(C)(=O)=O. The molecule has 1 amide bonds. The van der Waals surface area contributed by atoms with Crippen molar-refractivity contribution in [1.29, 1.82) is 0 Å². The number of benzene rings is 2. The Labute approximate surface area is 182 Å². The van der Waals surface area contributed by atoms with E-state index >= 15 is 0 Å². The summed E-state index contributed by atoms with van der Waals surface area (Å²) >= 11 is 6.10. The van der Waals surface area contributed by atoms with Gasteiger partial charge in [0.25, 0.3) is 0 Å². The van der Waals surface area contributed by atoms with Crippen LogP contribution in [0.2, 0.25) is 5.02 Å². The summed E-state index contributed by atoms with van der Waals surface area (Å²) in [7, 11) is -2.50. The van der Waals surface area contributed by atoms with Crippen molar-refractivity contribution in [3.8, 4) is 11.5 Å². The molecular weight excluding hydrogens is 461 g/mol. The second kappa shape index (κ2) is 9.65. The van der Waals surface area contributed by atoms with E-state index in [4.69, 9.17) is 16.3 Å². The van der Waals surface area contributed by atoms with Crippen LogP contribution in [0.25, 0.3) is 0 Å². The van der Waals surface area contributed by atoms with Crippen molar-refractivity contribution < 1.29 is 35.9 Å². The van der Waals surface area contributed by atoms with E-state index in [-0.39, 0.29) is 22.8 Å². The molecule has 1 N–H and O–H groups in total. The third-order valence-electron chi connectivity index (χ3n) is 4.08. The molecule has 0 spiro atoms. The summed E-state index contributed by atoms with van der Waals surface area (Å²) in [5.41, 5.74) is 0.323. The van der Waals surface area contributed by atoms with Gasteiger partial charge in [-0.3, -0.25) is 9.10 Å². The molecular formula is C19H20ClF3N2O5S. The van der Waals surface area contributed by atoms with Crippen LogP contribution in [0.15, 0.2) is 42.5 Å². The molecule has 0 aromatic heterocycles. The summed E-state index contributed by atoms with van der Waals surface area (Å²) in [4.78, 5) is 12.8. The van der Waals surface area contributed by atoms with Crippen molar-refractivity contribution in [3.05, 3.63) is 47.5 Å². The minimum atomic E-state index is -4.84. The topological polar surface area (TPSA) is 84.9 Å². The van der Waals surface area contributed by atoms with Gasteiger partial charge >= 0.3 is 6.36 Å². The molecule has 0 aliphatic rings. The number of hydrogen-bond donors (Lipinski definition) is 1. The van der Waals surface area contributed by atoms with Crippen LogP contribution in [0.5, 0.6) is 11.5 Å². The molecule has 2 aromatic carbocycles. The number of alkyl halides is 3. The van der Waals surface area contributed by atoms with E-state index in [1.54, 1.807) is 6.92 Å². The monoisotopic (exact) mass is 480 g/mol. The lowest BCUT2D eigenvalue weighted by Gasteiger charge is -2.30. The maximum Gasteiger partial charge on any atom is 0.573 e. The molecule has 0 saturated heterocycles. The van der Waals surface area contributed by atoms with E-state index in [0.717, 1.165) is 22.7 Å². The van der Waals surface area contributed by atoms with Crippen LogP contribution in [-0.4, -0.2) is 40.1 Å². The minimum absolute atomic E-state index is 0.109. The number of nitrogens with one attached hydrogen (secondary N) is 1. The van der Waals surface area contributed by atoms with Gasteiger partial charge in [-0.05, 0) is 48.9 Å². The molecule has 0 bridgehead atoms. The van der Waals surface area contributed by atoms with Crippen molar-refractivity contribution in [1.82, 2.24) is 0 Å². The lowest BCUT2D eigenvalue weighted by molar-refractivity contribution is -0.274. The van der Waals surface area contributed by atoms with E-state index < -0.39 is 34.1 Å². The Morgan fingerprint density at radius 1 is 1.19 bits per heavy atom. The van der Waals surface area contributed by atoms with E-state index in [2.05, 4.69) is 10.1 Å². The highest BCUT2D eigenvalue weighted by Crippen LogP contribution is 2.32. The maximum atomic E-state index is 12.8. The van der Waals surface area contributed by atoms with Crippen molar-refractivity contribution in [2.75, 3.05) is 23.0 Å². The summed E-state index contributed by atoms with van der Waals surface area (Å²) in [5.74, 6) is -0.801. The Kier molecular flexibility index (Phi) is 7.66. The zero-order valence-corrected chi connectivity index (χ0v) is 18.3. The molecule has 0 unspecified atom stereocenters. The number of halogens is 4. The van der Waals surface area contributed by atoms with Gasteiger partial charge in [0.1, 0.15) is 17.5 Å². The quantitative estimate of drug-likeness (QED) is 0.604. The van der Waals surface area contributed by atoms with E-state index in [1.807, 2.05) is 0 Å². The summed E-state index contributed by atoms with van der Waals surface area (Å²) in [6.07, 6.45) is -3.78. The number of amides is 1. The van der Waals surface area contributed by atoms with Gasteiger partial charge in [-0.15, -0.1) is 13.2 Å². The molecule has 2 rings (SSSR count). The molecule has 12 heteroatoms. The largest absolute Gasteiger partial charge is 0.573 e. The van der Waals surface area contributed by atoms with Gasteiger partial charge < -0.3 is 14.8 Å². The molecule has 170 valence electrons. The molecule has 0 saturated carbocycles. The van der Waals surface area contributed by atoms with Crippen molar-refractivity contribution in [3.63, 3.8) is 0 Å². The smallest absolute Gasteiger partial charge is 0.495 e. The van der Waals surface area contributed by atoms with Gasteiger partial charge in [-0.25, -0.2) is 8.42 Å². The molecule has 0 radical (unpaired) electrons. The number of carbonyl (C=O) groups is 1. The number of ether oxygens (including phenoxy) is 2. The van der Waals surface area contributed by atoms with E-state index in [1.165, 1.54) is 37.4 Å². The van der Waals surface area contributed by atoms with Crippen LogP contribution < -0.4 is 19.1 Å². The number of nitrogens with zero attached hydrogens (tertiary/aromatic N) is 1. The van der Waals surface area contributed by atoms with Crippen molar-refractivity contribution in [2.45, 2.75) is 25.7 Å². The average Bonchev–Trinajstić information content (AvgIpc) is 2.65. The zero-order valence-electron chi connectivity index (χ0n) is 16.7. The first-order valence-electron chi connectivity index (χ1n) is 8.85. The number of carbonyl (C=O) groups excluding carboxylic acids is 1. The standard InChI is InChI=1S/C19H20ClF3N2O5S/c1-4-16(18(26)24-12-5-8-14(9-6-12)30-19(21,22)23)25(31(3,27)28)13-7-10-17(29-2)15(20)11-13/h5-11,16H,4H2,1-3H3,(H,24,26)/t16-/m0/s1. The Morgan fingerprint density at radius 2 is 1.81 bits per heavy atom. The van der Waals surface area contributed by atoms with Crippen LogP contribution in [0, 0.1) is 0 Å². The van der Waals surface area contributed by atoms with Crippen molar-refractivity contribution in [2.24, 2.45) is 0 Å². The van der Waals surface area contributed by atoms with Gasteiger partial charge in [-0.1, -0.05) is 18.5 Å². The average molecular weight is 481 g/mol. The third-order valence-corrected chi connectivity index (χ3v) is 5.55. The highest BCUT2D eigenvalue weighted by atomic mass is 35.5. The lowest BCUT2D eigenvalue weighted by atomic mass is 10.1. The second-order valence-corrected chi connectivity index (χ2v) is 8.63. The van der Waals surface area contributed by atoms with Crippen LogP contribution in [0.4, 0.5) is 24.5 Å². The Morgan fingerprint density at radius 3 is 2.26 bits per heavy atom. The molecule has 0 aliphatic heterocycles. The molecule has 1 atom stereocenters. The zero-order chi connectivity index (χ0) is 23.4. The lowest BCUT2D eigenvalue weighted by Crippen LogP contribution is -2.47.